The maximum Gasteiger partial charge on any atom is 0.319 e. The molecule has 0 saturated carbocycles. The number of hydrogen-bond acceptors (Lipinski definition) is 3. The van der Waals surface area contributed by atoms with Gasteiger partial charge in [-0.05, 0) is 36.2 Å². The summed E-state index contributed by atoms with van der Waals surface area (Å²) in [6.45, 7) is 0.528. The molecule has 0 aliphatic rings. The van der Waals surface area contributed by atoms with Gasteiger partial charge >= 0.3 is 6.03 Å². The van der Waals surface area contributed by atoms with Crippen LogP contribution >= 0.6 is 15.9 Å². The van der Waals surface area contributed by atoms with Crippen LogP contribution in [0.25, 0.3) is 0 Å². The first-order valence-corrected chi connectivity index (χ1v) is 7.93. The summed E-state index contributed by atoms with van der Waals surface area (Å²) in [5, 5.41) is 5.59. The highest BCUT2D eigenvalue weighted by atomic mass is 79.9. The highest BCUT2D eigenvalue weighted by molar-refractivity contribution is 9.10. The average Bonchev–Trinajstić information content (AvgIpc) is 2.55. The van der Waals surface area contributed by atoms with Crippen molar-refractivity contribution in [2.45, 2.75) is 6.42 Å². The number of nitrogens with one attached hydrogen (secondary N) is 2. The molecule has 0 bridgehead atoms. The fourth-order valence-corrected chi connectivity index (χ4v) is 2.59. The third kappa shape index (κ3) is 4.89. The Kier molecular flexibility index (Phi) is 6.29. The van der Waals surface area contributed by atoms with E-state index < -0.39 is 0 Å². The van der Waals surface area contributed by atoms with Crippen LogP contribution in [0.2, 0.25) is 0 Å². The smallest absolute Gasteiger partial charge is 0.319 e. The molecule has 2 amide bonds. The van der Waals surface area contributed by atoms with Gasteiger partial charge in [-0.2, -0.15) is 0 Å². The van der Waals surface area contributed by atoms with Crippen molar-refractivity contribution in [3.05, 3.63) is 52.5 Å². The Balaban J connectivity index is 1.92. The zero-order chi connectivity index (χ0) is 16.7. The van der Waals surface area contributed by atoms with Crippen molar-refractivity contribution >= 4 is 27.6 Å². The summed E-state index contributed by atoms with van der Waals surface area (Å²) in [5.74, 6) is 1.10. The number of ether oxygens (including phenoxy) is 2. The van der Waals surface area contributed by atoms with Gasteiger partial charge in [0, 0.05) is 11.0 Å². The second-order valence-electron chi connectivity index (χ2n) is 4.80. The van der Waals surface area contributed by atoms with Crippen molar-refractivity contribution < 1.29 is 14.3 Å². The van der Waals surface area contributed by atoms with E-state index in [2.05, 4.69) is 26.6 Å². The maximum atomic E-state index is 12.1. The molecule has 23 heavy (non-hydrogen) atoms. The van der Waals surface area contributed by atoms with Gasteiger partial charge in [0.05, 0.1) is 14.2 Å². The Labute approximate surface area is 144 Å². The Morgan fingerprint density at radius 2 is 1.74 bits per heavy atom. The molecule has 0 radical (unpaired) electrons. The van der Waals surface area contributed by atoms with Crippen LogP contribution < -0.4 is 20.1 Å². The molecule has 0 aliphatic carbocycles. The number of benzene rings is 2. The summed E-state index contributed by atoms with van der Waals surface area (Å²) in [7, 11) is 3.09. The largest absolute Gasteiger partial charge is 0.494 e. The Hall–Kier alpha value is -2.21. The van der Waals surface area contributed by atoms with Gasteiger partial charge in [0.1, 0.15) is 17.2 Å². The van der Waals surface area contributed by atoms with E-state index >= 15 is 0 Å². The number of carbonyl (C=O) groups excluding carboxylic acids is 1. The van der Waals surface area contributed by atoms with Crippen molar-refractivity contribution in [3.63, 3.8) is 0 Å². The first-order valence-electron chi connectivity index (χ1n) is 7.14. The summed E-state index contributed by atoms with van der Waals surface area (Å²) in [5.41, 5.74) is 1.66. The van der Waals surface area contributed by atoms with Gasteiger partial charge in [0.2, 0.25) is 0 Å². The van der Waals surface area contributed by atoms with Crippen molar-refractivity contribution in [3.8, 4) is 11.5 Å². The predicted octanol–water partition coefficient (Wildman–Crippen LogP) is 3.83. The van der Waals surface area contributed by atoms with Crippen LogP contribution in [-0.2, 0) is 6.42 Å². The van der Waals surface area contributed by atoms with Gasteiger partial charge in [-0.25, -0.2) is 4.79 Å². The molecule has 5 nitrogen and oxygen atoms in total. The Bertz CT molecular complexity index is 654. The van der Waals surface area contributed by atoms with E-state index in [9.17, 15) is 4.79 Å². The molecular weight excluding hydrogens is 360 g/mol. The molecule has 0 spiro atoms. The molecule has 0 saturated heterocycles. The van der Waals surface area contributed by atoms with Crippen molar-refractivity contribution in [2.24, 2.45) is 0 Å². The van der Waals surface area contributed by atoms with E-state index in [1.165, 1.54) is 0 Å². The molecule has 0 aromatic heterocycles. The molecule has 122 valence electrons. The number of amides is 2. The minimum Gasteiger partial charge on any atom is -0.494 e. The lowest BCUT2D eigenvalue weighted by Crippen LogP contribution is -2.30. The number of urea groups is 1. The topological polar surface area (TPSA) is 59.6 Å². The quantitative estimate of drug-likeness (QED) is 0.802. The van der Waals surface area contributed by atoms with Gasteiger partial charge in [-0.15, -0.1) is 0 Å². The zero-order valence-corrected chi connectivity index (χ0v) is 14.6. The molecule has 2 aromatic rings. The molecular formula is C17H19BrN2O3. The third-order valence-electron chi connectivity index (χ3n) is 3.25. The van der Waals surface area contributed by atoms with Crippen molar-refractivity contribution in [1.29, 1.82) is 0 Å². The zero-order valence-electron chi connectivity index (χ0n) is 13.1. The van der Waals surface area contributed by atoms with Crippen LogP contribution in [0.5, 0.6) is 11.5 Å². The SMILES string of the molecule is COc1cccc(OC)c1NC(=O)NCCc1cccc(Br)c1. The molecule has 2 rings (SSSR count). The van der Waals surface area contributed by atoms with Gasteiger partial charge in [0.25, 0.3) is 0 Å². The van der Waals surface area contributed by atoms with Crippen molar-refractivity contribution in [2.75, 3.05) is 26.1 Å². The lowest BCUT2D eigenvalue weighted by molar-refractivity contribution is 0.252. The number of carbonyl (C=O) groups is 1. The van der Waals surface area contributed by atoms with E-state index in [1.807, 2.05) is 24.3 Å². The molecule has 2 N–H and O–H groups in total. The van der Waals surface area contributed by atoms with Crippen molar-refractivity contribution in [1.82, 2.24) is 5.32 Å². The number of halogens is 1. The highest BCUT2D eigenvalue weighted by Crippen LogP contribution is 2.33. The van der Waals surface area contributed by atoms with Crippen LogP contribution in [0.15, 0.2) is 46.9 Å². The van der Waals surface area contributed by atoms with E-state index in [1.54, 1.807) is 32.4 Å². The predicted molar refractivity (Wildman–Crippen MR) is 94.4 cm³/mol. The number of methoxy groups -OCH3 is 2. The summed E-state index contributed by atoms with van der Waals surface area (Å²) >= 11 is 3.43. The molecule has 0 aliphatic heterocycles. The van der Waals surface area contributed by atoms with Gasteiger partial charge in [-0.3, -0.25) is 0 Å². The first-order chi connectivity index (χ1) is 11.1. The van der Waals surface area contributed by atoms with Crippen LogP contribution in [0.1, 0.15) is 5.56 Å². The number of anilines is 1. The molecule has 2 aromatic carbocycles. The fourth-order valence-electron chi connectivity index (χ4n) is 2.14. The normalized spacial score (nSPS) is 10.0. The lowest BCUT2D eigenvalue weighted by atomic mass is 10.1. The summed E-state index contributed by atoms with van der Waals surface area (Å²) in [4.78, 5) is 12.1. The summed E-state index contributed by atoms with van der Waals surface area (Å²) < 4.78 is 11.5. The maximum absolute atomic E-state index is 12.1. The standard InChI is InChI=1S/C17H19BrN2O3/c1-22-14-7-4-8-15(23-2)16(14)20-17(21)19-10-9-12-5-3-6-13(18)11-12/h3-8,11H,9-10H2,1-2H3,(H2,19,20,21). The van der Waals surface area contributed by atoms with Crippen LogP contribution in [-0.4, -0.2) is 26.8 Å². The van der Waals surface area contributed by atoms with Crippen LogP contribution in [0, 0.1) is 0 Å². The van der Waals surface area contributed by atoms with E-state index in [0.717, 1.165) is 16.5 Å². The molecule has 0 unspecified atom stereocenters. The van der Waals surface area contributed by atoms with Gasteiger partial charge in [-0.1, -0.05) is 34.1 Å². The third-order valence-corrected chi connectivity index (χ3v) is 3.75. The second kappa shape index (κ2) is 8.43. The van der Waals surface area contributed by atoms with Crippen LogP contribution in [0.3, 0.4) is 0 Å². The summed E-state index contributed by atoms with van der Waals surface area (Å²) in [6.07, 6.45) is 0.746. The minimum absolute atomic E-state index is 0.303. The Morgan fingerprint density at radius 1 is 1.09 bits per heavy atom. The Morgan fingerprint density at radius 3 is 2.35 bits per heavy atom. The average molecular weight is 379 g/mol. The molecule has 0 heterocycles. The van der Waals surface area contributed by atoms with E-state index in [-0.39, 0.29) is 6.03 Å². The van der Waals surface area contributed by atoms with E-state index in [0.29, 0.717) is 23.7 Å². The van der Waals surface area contributed by atoms with Gasteiger partial charge < -0.3 is 20.1 Å². The van der Waals surface area contributed by atoms with Crippen LogP contribution in [0.4, 0.5) is 10.5 Å². The first kappa shape index (κ1) is 17.1. The molecule has 0 atom stereocenters. The lowest BCUT2D eigenvalue weighted by Gasteiger charge is -2.14. The highest BCUT2D eigenvalue weighted by Gasteiger charge is 2.12. The number of rotatable bonds is 6. The molecule has 6 heteroatoms. The second-order valence-corrected chi connectivity index (χ2v) is 5.71. The molecule has 0 fully saturated rings. The monoisotopic (exact) mass is 378 g/mol. The fraction of sp³-hybridized carbons (Fsp3) is 0.235. The number of hydrogen-bond donors (Lipinski definition) is 2. The van der Waals surface area contributed by atoms with E-state index in [4.69, 9.17) is 9.47 Å². The van der Waals surface area contributed by atoms with Gasteiger partial charge in [0.15, 0.2) is 0 Å². The summed E-state index contributed by atoms with van der Waals surface area (Å²) in [6, 6.07) is 13.0. The number of para-hydroxylation sites is 1. The minimum atomic E-state index is -0.303.